The number of fused-ring (bicyclic) bond motifs is 1. The molecule has 10 heteroatoms. The van der Waals surface area contributed by atoms with Crippen molar-refractivity contribution in [1.82, 2.24) is 9.88 Å². The molecule has 2 aromatic carbocycles. The van der Waals surface area contributed by atoms with Crippen LogP contribution in [0.5, 0.6) is 5.75 Å². The minimum absolute atomic E-state index is 0.0604. The topological polar surface area (TPSA) is 107 Å². The lowest BCUT2D eigenvalue weighted by molar-refractivity contribution is -0.186. The molecule has 190 valence electrons. The smallest absolute Gasteiger partial charge is 0.406 e. The molecule has 7 nitrogen and oxygen atoms in total. The van der Waals surface area contributed by atoms with Crippen molar-refractivity contribution >= 4 is 5.91 Å². The summed E-state index contributed by atoms with van der Waals surface area (Å²) in [7, 11) is 0. The number of aromatic nitrogens is 1. The van der Waals surface area contributed by atoms with Crippen molar-refractivity contribution in [2.24, 2.45) is 5.73 Å². The summed E-state index contributed by atoms with van der Waals surface area (Å²) in [5.74, 6) is -0.371. The largest absolute Gasteiger partial charge is 0.493 e. The first-order valence-electron chi connectivity index (χ1n) is 11.4. The van der Waals surface area contributed by atoms with Gasteiger partial charge in [-0.15, -0.1) is 0 Å². The highest BCUT2D eigenvalue weighted by molar-refractivity contribution is 5.92. The number of carbonyl (C=O) groups excluding carboxylic acids is 1. The number of ether oxygens (including phenoxy) is 1. The predicted molar refractivity (Wildman–Crippen MR) is 127 cm³/mol. The van der Waals surface area contributed by atoms with Crippen LogP contribution in [0.2, 0.25) is 0 Å². The lowest BCUT2D eigenvalue weighted by atomic mass is 9.93. The van der Waals surface area contributed by atoms with Crippen LogP contribution in [0.4, 0.5) is 13.2 Å². The van der Waals surface area contributed by atoms with Gasteiger partial charge in [0.25, 0.3) is 5.56 Å². The van der Waals surface area contributed by atoms with Crippen molar-refractivity contribution < 1.29 is 27.8 Å². The Morgan fingerprint density at radius 3 is 2.50 bits per heavy atom. The molecule has 0 saturated heterocycles. The number of aliphatic hydroxyl groups excluding tert-OH is 1. The van der Waals surface area contributed by atoms with Crippen molar-refractivity contribution in [1.29, 1.82) is 0 Å². The molecule has 3 aromatic rings. The molecule has 0 aliphatic carbocycles. The molecule has 4 N–H and O–H groups in total. The number of hydrogen-bond acceptors (Lipinski definition) is 5. The van der Waals surface area contributed by atoms with Crippen LogP contribution < -0.4 is 21.3 Å². The van der Waals surface area contributed by atoms with Crippen LogP contribution in [0.25, 0.3) is 0 Å². The van der Waals surface area contributed by atoms with E-state index in [4.69, 9.17) is 10.5 Å². The summed E-state index contributed by atoms with van der Waals surface area (Å²) in [6.45, 7) is 0.211. The molecule has 0 spiro atoms. The number of pyridine rings is 1. The van der Waals surface area contributed by atoms with Crippen LogP contribution in [0.15, 0.2) is 77.7 Å². The number of alkyl halides is 3. The van der Waals surface area contributed by atoms with Gasteiger partial charge >= 0.3 is 6.18 Å². The lowest BCUT2D eigenvalue weighted by Crippen LogP contribution is -2.56. The van der Waals surface area contributed by atoms with E-state index >= 15 is 0 Å². The fourth-order valence-corrected chi connectivity index (χ4v) is 4.49. The number of hydrogen-bond donors (Lipinski definition) is 3. The van der Waals surface area contributed by atoms with Gasteiger partial charge in [0, 0.05) is 30.3 Å². The van der Waals surface area contributed by atoms with Crippen LogP contribution in [0.1, 0.15) is 40.0 Å². The van der Waals surface area contributed by atoms with Gasteiger partial charge in [0.2, 0.25) is 5.91 Å². The van der Waals surface area contributed by atoms with E-state index in [1.165, 1.54) is 6.07 Å². The van der Waals surface area contributed by atoms with E-state index in [0.717, 1.165) is 16.8 Å². The summed E-state index contributed by atoms with van der Waals surface area (Å²) < 4.78 is 49.7. The van der Waals surface area contributed by atoms with Crippen molar-refractivity contribution in [3.8, 4) is 5.75 Å². The van der Waals surface area contributed by atoms with Crippen LogP contribution in [-0.4, -0.2) is 40.5 Å². The molecule has 1 aliphatic heterocycles. The Balaban J connectivity index is 1.75. The van der Waals surface area contributed by atoms with Gasteiger partial charge in [-0.25, -0.2) is 0 Å². The maximum atomic E-state index is 14.4. The molecule has 4 unspecified atom stereocenters. The molecule has 0 fully saturated rings. The number of nitrogens with zero attached hydrogens (tertiary/aromatic N) is 1. The summed E-state index contributed by atoms with van der Waals surface area (Å²) in [6, 6.07) is 13.1. The summed E-state index contributed by atoms with van der Waals surface area (Å²) in [5, 5.41) is 13.8. The third-order valence-corrected chi connectivity index (χ3v) is 6.30. The summed E-state index contributed by atoms with van der Waals surface area (Å²) in [4.78, 5) is 24.5. The van der Waals surface area contributed by atoms with Crippen LogP contribution in [0.3, 0.4) is 0 Å². The zero-order valence-corrected chi connectivity index (χ0v) is 19.2. The van der Waals surface area contributed by atoms with Crippen molar-refractivity contribution in [3.05, 3.63) is 100.0 Å². The van der Waals surface area contributed by atoms with E-state index < -0.39 is 41.9 Å². The zero-order valence-electron chi connectivity index (χ0n) is 19.2. The molecule has 2 heterocycles. The molecule has 36 heavy (non-hydrogen) atoms. The minimum Gasteiger partial charge on any atom is -0.493 e. The number of nitrogens with one attached hydrogen (secondary N) is 1. The molecule has 0 saturated carbocycles. The second-order valence-corrected chi connectivity index (χ2v) is 8.69. The number of para-hydroxylation sites is 1. The van der Waals surface area contributed by atoms with Gasteiger partial charge in [0.1, 0.15) is 11.8 Å². The first kappa shape index (κ1) is 25.5. The van der Waals surface area contributed by atoms with Gasteiger partial charge in [-0.1, -0.05) is 48.5 Å². The van der Waals surface area contributed by atoms with Gasteiger partial charge in [-0.3, -0.25) is 14.9 Å². The molecule has 0 radical (unpaired) electrons. The standard InChI is InChI=1S/C26H26F3N3O4/c27-26(28,29)24(31-19-12-13-36-21-9-5-4-8-18(19)21)23(34)20(14-16-6-2-1-3-7-16)32-15-17(25(30)35)10-11-22(32)33/h1-11,15,19-20,23-24,31,34H,12-14H2,(H2,30,35). The molecular weight excluding hydrogens is 475 g/mol. The third kappa shape index (κ3) is 5.60. The van der Waals surface area contributed by atoms with Gasteiger partial charge in [-0.05, 0) is 24.1 Å². The molecule has 4 atom stereocenters. The average molecular weight is 502 g/mol. The Morgan fingerprint density at radius 2 is 1.81 bits per heavy atom. The number of benzene rings is 2. The Labute approximate surface area is 205 Å². The number of aliphatic hydroxyl groups is 1. The summed E-state index contributed by atoms with van der Waals surface area (Å²) in [5.41, 5.74) is 5.77. The number of primary amides is 1. The average Bonchev–Trinajstić information content (AvgIpc) is 2.86. The van der Waals surface area contributed by atoms with Gasteiger partial charge in [0.05, 0.1) is 24.3 Å². The van der Waals surface area contributed by atoms with Gasteiger partial charge in [0.15, 0.2) is 0 Å². The van der Waals surface area contributed by atoms with Crippen LogP contribution in [0, 0.1) is 0 Å². The lowest BCUT2D eigenvalue weighted by Gasteiger charge is -2.37. The number of nitrogens with two attached hydrogens (primary N) is 1. The van der Waals surface area contributed by atoms with Gasteiger partial charge in [-0.2, -0.15) is 13.2 Å². The molecule has 0 bridgehead atoms. The van der Waals surface area contributed by atoms with E-state index in [1.54, 1.807) is 54.6 Å². The normalized spacial score (nSPS) is 17.9. The van der Waals surface area contributed by atoms with E-state index in [1.807, 2.05) is 0 Å². The molecule has 1 aliphatic rings. The third-order valence-electron chi connectivity index (χ3n) is 6.30. The van der Waals surface area contributed by atoms with Crippen LogP contribution >= 0.6 is 0 Å². The Morgan fingerprint density at radius 1 is 1.11 bits per heavy atom. The Kier molecular flexibility index (Phi) is 7.46. The minimum atomic E-state index is -4.85. The highest BCUT2D eigenvalue weighted by Gasteiger charge is 2.48. The van der Waals surface area contributed by atoms with E-state index in [-0.39, 0.29) is 25.0 Å². The zero-order chi connectivity index (χ0) is 25.9. The SMILES string of the molecule is NC(=O)c1ccc(=O)n(C(Cc2ccccc2)C(O)C(NC2CCOc3ccccc32)C(F)(F)F)c1. The summed E-state index contributed by atoms with van der Waals surface area (Å²) >= 11 is 0. The molecule has 1 amide bonds. The van der Waals surface area contributed by atoms with Crippen LogP contribution in [-0.2, 0) is 6.42 Å². The maximum Gasteiger partial charge on any atom is 0.406 e. The molecular formula is C26H26F3N3O4. The van der Waals surface area contributed by atoms with Gasteiger partial charge < -0.3 is 20.1 Å². The first-order chi connectivity index (χ1) is 17.1. The van der Waals surface area contributed by atoms with Crippen molar-refractivity contribution in [2.45, 2.75) is 43.2 Å². The van der Waals surface area contributed by atoms with E-state index in [9.17, 15) is 27.9 Å². The first-order valence-corrected chi connectivity index (χ1v) is 11.4. The van der Waals surface area contributed by atoms with E-state index in [2.05, 4.69) is 5.32 Å². The monoisotopic (exact) mass is 501 g/mol. The second-order valence-electron chi connectivity index (χ2n) is 8.69. The quantitative estimate of drug-likeness (QED) is 0.440. The van der Waals surface area contributed by atoms with E-state index in [0.29, 0.717) is 16.9 Å². The Bertz CT molecular complexity index is 1260. The molecule has 4 rings (SSSR count). The predicted octanol–water partition coefficient (Wildman–Crippen LogP) is 3.14. The van der Waals surface area contributed by atoms with Crippen molar-refractivity contribution in [2.75, 3.05) is 6.61 Å². The highest BCUT2D eigenvalue weighted by atomic mass is 19.4. The van der Waals surface area contributed by atoms with Crippen molar-refractivity contribution in [3.63, 3.8) is 0 Å². The molecule has 1 aromatic heterocycles. The fraction of sp³-hybridized carbons (Fsp3) is 0.308. The second kappa shape index (κ2) is 10.5. The maximum absolute atomic E-state index is 14.4. The highest BCUT2D eigenvalue weighted by Crippen LogP contribution is 2.36. The fourth-order valence-electron chi connectivity index (χ4n) is 4.49. The number of carbonyl (C=O) groups is 1. The summed E-state index contributed by atoms with van der Waals surface area (Å²) in [6.07, 6.45) is -5.67. The Hall–Kier alpha value is -3.63. The number of halogens is 3. The number of amides is 1. The number of rotatable bonds is 8.